The number of carbonyl (C=O) groups is 1. The average molecular weight is 455 g/mol. The van der Waals surface area contributed by atoms with Gasteiger partial charge in [0.2, 0.25) is 5.91 Å². The normalized spacial score (nSPS) is 16.2. The summed E-state index contributed by atoms with van der Waals surface area (Å²) < 4.78 is 1.17. The quantitative estimate of drug-likeness (QED) is 0.703. The van der Waals surface area contributed by atoms with Crippen LogP contribution in [0, 0.1) is 10.5 Å². The van der Waals surface area contributed by atoms with Gasteiger partial charge in [-0.2, -0.15) is 11.3 Å². The Kier molecular flexibility index (Phi) is 6.26. The molecular formula is C18H22IN3OS. The number of thiophene rings is 1. The Morgan fingerprint density at radius 1 is 1.21 bits per heavy atom. The Morgan fingerprint density at radius 3 is 2.62 bits per heavy atom. The van der Waals surface area contributed by atoms with Crippen LogP contribution in [-0.2, 0) is 11.3 Å². The van der Waals surface area contributed by atoms with E-state index in [0.717, 1.165) is 38.4 Å². The molecule has 1 fully saturated rings. The molecule has 1 aliphatic rings. The standard InChI is InChI=1S/C18H22IN3OS/c1-14-2-3-16(10-17(14)19)20-18(23)12-22-7-5-21(6-8-22)11-15-4-9-24-13-15/h2-4,9-10,13H,5-8,11-12H2,1H3,(H,20,23). The summed E-state index contributed by atoms with van der Waals surface area (Å²) in [6.07, 6.45) is 0. The van der Waals surface area contributed by atoms with E-state index in [1.54, 1.807) is 11.3 Å². The van der Waals surface area contributed by atoms with Crippen molar-refractivity contribution in [2.45, 2.75) is 13.5 Å². The zero-order valence-electron chi connectivity index (χ0n) is 13.8. The number of rotatable bonds is 5. The van der Waals surface area contributed by atoms with Crippen LogP contribution in [0.1, 0.15) is 11.1 Å². The summed E-state index contributed by atoms with van der Waals surface area (Å²) in [5.41, 5.74) is 3.50. The van der Waals surface area contributed by atoms with Crippen LogP contribution < -0.4 is 5.32 Å². The van der Waals surface area contributed by atoms with E-state index in [-0.39, 0.29) is 5.91 Å². The van der Waals surface area contributed by atoms with Gasteiger partial charge in [-0.05, 0) is 69.6 Å². The van der Waals surface area contributed by atoms with E-state index in [0.29, 0.717) is 6.54 Å². The number of aryl methyl sites for hydroxylation is 1. The molecule has 6 heteroatoms. The van der Waals surface area contributed by atoms with Gasteiger partial charge >= 0.3 is 0 Å². The molecule has 0 aliphatic carbocycles. The van der Waals surface area contributed by atoms with Crippen molar-refractivity contribution < 1.29 is 4.79 Å². The molecule has 2 aromatic rings. The zero-order valence-corrected chi connectivity index (χ0v) is 16.8. The summed E-state index contributed by atoms with van der Waals surface area (Å²) in [4.78, 5) is 16.9. The van der Waals surface area contributed by atoms with E-state index in [1.807, 2.05) is 18.2 Å². The molecule has 1 amide bonds. The molecule has 1 aromatic heterocycles. The molecule has 0 saturated carbocycles. The van der Waals surface area contributed by atoms with Crippen LogP contribution >= 0.6 is 33.9 Å². The minimum atomic E-state index is 0.0703. The first kappa shape index (κ1) is 17.8. The maximum atomic E-state index is 12.2. The van der Waals surface area contributed by atoms with Crippen LogP contribution in [0.2, 0.25) is 0 Å². The van der Waals surface area contributed by atoms with Crippen molar-refractivity contribution in [3.05, 3.63) is 49.7 Å². The number of nitrogens with one attached hydrogen (secondary N) is 1. The number of hydrogen-bond acceptors (Lipinski definition) is 4. The van der Waals surface area contributed by atoms with Gasteiger partial charge in [-0.3, -0.25) is 14.6 Å². The number of anilines is 1. The van der Waals surface area contributed by atoms with E-state index < -0.39 is 0 Å². The Morgan fingerprint density at radius 2 is 1.96 bits per heavy atom. The molecule has 0 spiro atoms. The number of benzene rings is 1. The van der Waals surface area contributed by atoms with Crippen LogP contribution in [-0.4, -0.2) is 48.4 Å². The molecule has 1 aromatic carbocycles. The molecule has 0 unspecified atom stereocenters. The number of halogens is 1. The van der Waals surface area contributed by atoms with Crippen LogP contribution in [0.4, 0.5) is 5.69 Å². The van der Waals surface area contributed by atoms with Crippen LogP contribution in [0.3, 0.4) is 0 Å². The van der Waals surface area contributed by atoms with Gasteiger partial charge in [0.15, 0.2) is 0 Å². The SMILES string of the molecule is Cc1ccc(NC(=O)CN2CCN(Cc3ccsc3)CC2)cc1I. The Hall–Kier alpha value is -0.960. The molecule has 24 heavy (non-hydrogen) atoms. The molecule has 0 atom stereocenters. The Bertz CT molecular complexity index is 682. The second kappa shape index (κ2) is 8.42. The lowest BCUT2D eigenvalue weighted by Gasteiger charge is -2.34. The molecule has 4 nitrogen and oxygen atoms in total. The second-order valence-corrected chi connectivity index (χ2v) is 8.14. The highest BCUT2D eigenvalue weighted by Gasteiger charge is 2.19. The summed E-state index contributed by atoms with van der Waals surface area (Å²) >= 11 is 4.05. The highest BCUT2D eigenvalue weighted by atomic mass is 127. The van der Waals surface area contributed by atoms with E-state index in [1.165, 1.54) is 14.7 Å². The van der Waals surface area contributed by atoms with Crippen LogP contribution in [0.15, 0.2) is 35.0 Å². The van der Waals surface area contributed by atoms with E-state index >= 15 is 0 Å². The summed E-state index contributed by atoms with van der Waals surface area (Å²) in [5, 5.41) is 7.35. The fourth-order valence-electron chi connectivity index (χ4n) is 2.82. The number of nitrogens with zero attached hydrogens (tertiary/aromatic N) is 2. The summed E-state index contributed by atoms with van der Waals surface area (Å²) in [5.74, 6) is 0.0703. The van der Waals surface area contributed by atoms with Crippen LogP contribution in [0.25, 0.3) is 0 Å². The third kappa shape index (κ3) is 5.02. The second-order valence-electron chi connectivity index (χ2n) is 6.20. The van der Waals surface area contributed by atoms with Gasteiger partial charge in [0, 0.05) is 42.0 Å². The van der Waals surface area contributed by atoms with Crippen molar-refractivity contribution in [1.82, 2.24) is 9.80 Å². The molecule has 0 radical (unpaired) electrons. The van der Waals surface area contributed by atoms with Gasteiger partial charge in [0.25, 0.3) is 0 Å². The van der Waals surface area contributed by atoms with E-state index in [9.17, 15) is 4.79 Å². The maximum absolute atomic E-state index is 12.2. The fraction of sp³-hybridized carbons (Fsp3) is 0.389. The van der Waals surface area contributed by atoms with E-state index in [2.05, 4.69) is 61.5 Å². The lowest BCUT2D eigenvalue weighted by Crippen LogP contribution is -2.48. The van der Waals surface area contributed by atoms with Crippen molar-refractivity contribution in [3.63, 3.8) is 0 Å². The highest BCUT2D eigenvalue weighted by molar-refractivity contribution is 14.1. The van der Waals surface area contributed by atoms with Crippen molar-refractivity contribution >= 4 is 45.5 Å². The molecular weight excluding hydrogens is 433 g/mol. The third-order valence-electron chi connectivity index (χ3n) is 4.27. The van der Waals surface area contributed by atoms with Crippen molar-refractivity contribution in [2.24, 2.45) is 0 Å². The highest BCUT2D eigenvalue weighted by Crippen LogP contribution is 2.17. The van der Waals surface area contributed by atoms with Crippen molar-refractivity contribution in [3.8, 4) is 0 Å². The van der Waals surface area contributed by atoms with Gasteiger partial charge in [-0.15, -0.1) is 0 Å². The van der Waals surface area contributed by atoms with Gasteiger partial charge in [-0.25, -0.2) is 0 Å². The van der Waals surface area contributed by atoms with Gasteiger partial charge < -0.3 is 5.32 Å². The maximum Gasteiger partial charge on any atom is 0.238 e. The topological polar surface area (TPSA) is 35.6 Å². The average Bonchev–Trinajstić information content (AvgIpc) is 3.06. The number of carbonyl (C=O) groups excluding carboxylic acids is 1. The van der Waals surface area contributed by atoms with Crippen molar-refractivity contribution in [1.29, 1.82) is 0 Å². The van der Waals surface area contributed by atoms with E-state index in [4.69, 9.17) is 0 Å². The van der Waals surface area contributed by atoms with Crippen LogP contribution in [0.5, 0.6) is 0 Å². The minimum absolute atomic E-state index is 0.0703. The zero-order chi connectivity index (χ0) is 16.9. The Balaban J connectivity index is 1.43. The monoisotopic (exact) mass is 455 g/mol. The molecule has 1 aliphatic heterocycles. The Labute approximate surface area is 161 Å². The first-order valence-electron chi connectivity index (χ1n) is 8.12. The lowest BCUT2D eigenvalue weighted by atomic mass is 10.2. The molecule has 3 rings (SSSR count). The predicted molar refractivity (Wildman–Crippen MR) is 109 cm³/mol. The first-order chi connectivity index (χ1) is 11.6. The van der Waals surface area contributed by atoms with Gasteiger partial charge in [0.1, 0.15) is 0 Å². The largest absolute Gasteiger partial charge is 0.325 e. The van der Waals surface area contributed by atoms with Gasteiger partial charge in [0.05, 0.1) is 6.54 Å². The summed E-state index contributed by atoms with van der Waals surface area (Å²) in [6, 6.07) is 8.22. The number of amides is 1. The number of piperazine rings is 1. The smallest absolute Gasteiger partial charge is 0.238 e. The number of hydrogen-bond donors (Lipinski definition) is 1. The predicted octanol–water partition coefficient (Wildman–Crippen LogP) is 3.42. The fourth-order valence-corrected chi connectivity index (χ4v) is 4.00. The van der Waals surface area contributed by atoms with Crippen molar-refractivity contribution in [2.75, 3.05) is 38.0 Å². The molecule has 1 saturated heterocycles. The lowest BCUT2D eigenvalue weighted by molar-refractivity contribution is -0.117. The summed E-state index contributed by atoms with van der Waals surface area (Å²) in [7, 11) is 0. The minimum Gasteiger partial charge on any atom is -0.325 e. The summed E-state index contributed by atoms with van der Waals surface area (Å²) in [6.45, 7) is 7.49. The van der Waals surface area contributed by atoms with Gasteiger partial charge in [-0.1, -0.05) is 6.07 Å². The molecule has 2 heterocycles. The molecule has 1 N–H and O–H groups in total. The molecule has 0 bridgehead atoms. The first-order valence-corrected chi connectivity index (χ1v) is 10.1. The molecule has 128 valence electrons. The third-order valence-corrected chi connectivity index (χ3v) is 6.17.